The van der Waals surface area contributed by atoms with E-state index in [2.05, 4.69) is 36.5 Å². The van der Waals surface area contributed by atoms with Gasteiger partial charge in [-0.2, -0.15) is 10.2 Å². The van der Waals surface area contributed by atoms with Crippen LogP contribution < -0.4 is 10.2 Å². The fraction of sp³-hybridized carbons (Fsp3) is 0.292. The molecule has 1 aliphatic rings. The molecule has 0 bridgehead atoms. The standard InChI is InChI=1S/C24H26N4O2/c1-16-22-19(25-26-23(29)18-12-8-9-13-21(18)30-4)14-24(2,3)15-20(22)28(27-16)17-10-6-5-7-11-17/h5-13H,14-15H2,1-4H3,(H,26,29)/b25-19+. The first-order valence-corrected chi connectivity index (χ1v) is 10.0. The van der Waals surface area contributed by atoms with Crippen LogP contribution in [0.15, 0.2) is 59.7 Å². The third-order valence-corrected chi connectivity index (χ3v) is 5.38. The average molecular weight is 402 g/mol. The van der Waals surface area contributed by atoms with E-state index < -0.39 is 0 Å². The summed E-state index contributed by atoms with van der Waals surface area (Å²) < 4.78 is 7.30. The predicted octanol–water partition coefficient (Wildman–Crippen LogP) is 4.30. The molecule has 2 aromatic carbocycles. The van der Waals surface area contributed by atoms with Crippen molar-refractivity contribution in [1.29, 1.82) is 0 Å². The van der Waals surface area contributed by atoms with Gasteiger partial charge in [-0.3, -0.25) is 4.79 Å². The maximum atomic E-state index is 12.7. The maximum Gasteiger partial charge on any atom is 0.275 e. The summed E-state index contributed by atoms with van der Waals surface area (Å²) in [6.45, 7) is 6.42. The summed E-state index contributed by atoms with van der Waals surface area (Å²) in [6, 6.07) is 17.2. The number of fused-ring (bicyclic) bond motifs is 1. The van der Waals surface area contributed by atoms with E-state index in [1.165, 1.54) is 0 Å². The summed E-state index contributed by atoms with van der Waals surface area (Å²) in [5.41, 5.74) is 8.12. The number of hydrogen-bond donors (Lipinski definition) is 1. The van der Waals surface area contributed by atoms with Crippen molar-refractivity contribution in [3.8, 4) is 11.4 Å². The Morgan fingerprint density at radius 3 is 2.53 bits per heavy atom. The van der Waals surface area contributed by atoms with Crippen LogP contribution in [0.4, 0.5) is 0 Å². The van der Waals surface area contributed by atoms with Gasteiger partial charge in [-0.25, -0.2) is 10.1 Å². The number of benzene rings is 2. The molecule has 30 heavy (non-hydrogen) atoms. The molecule has 1 aliphatic carbocycles. The fourth-order valence-corrected chi connectivity index (χ4v) is 4.06. The Kier molecular flexibility index (Phi) is 5.16. The molecule has 6 heteroatoms. The molecule has 1 heterocycles. The van der Waals surface area contributed by atoms with E-state index in [0.717, 1.165) is 41.2 Å². The highest BCUT2D eigenvalue weighted by Gasteiger charge is 2.34. The first kappa shape index (κ1) is 19.9. The molecule has 0 unspecified atom stereocenters. The van der Waals surface area contributed by atoms with Crippen molar-refractivity contribution in [3.05, 3.63) is 77.1 Å². The second-order valence-electron chi connectivity index (χ2n) is 8.37. The third kappa shape index (κ3) is 3.73. The Hall–Kier alpha value is -3.41. The Labute approximate surface area is 176 Å². The third-order valence-electron chi connectivity index (χ3n) is 5.38. The Morgan fingerprint density at radius 2 is 1.80 bits per heavy atom. The molecule has 0 radical (unpaired) electrons. The number of amides is 1. The summed E-state index contributed by atoms with van der Waals surface area (Å²) in [6.07, 6.45) is 1.64. The van der Waals surface area contributed by atoms with Crippen molar-refractivity contribution in [1.82, 2.24) is 15.2 Å². The van der Waals surface area contributed by atoms with Crippen LogP contribution in [0.3, 0.4) is 0 Å². The fourth-order valence-electron chi connectivity index (χ4n) is 4.06. The molecule has 0 aliphatic heterocycles. The van der Waals surface area contributed by atoms with Gasteiger partial charge in [0.2, 0.25) is 0 Å². The second-order valence-corrected chi connectivity index (χ2v) is 8.37. The molecule has 0 saturated carbocycles. The highest BCUT2D eigenvalue weighted by Crippen LogP contribution is 2.37. The number of carbonyl (C=O) groups is 1. The first-order chi connectivity index (χ1) is 14.4. The van der Waals surface area contributed by atoms with Crippen LogP contribution in [-0.2, 0) is 6.42 Å². The van der Waals surface area contributed by atoms with Gasteiger partial charge in [0.15, 0.2) is 0 Å². The molecule has 1 aromatic heterocycles. The highest BCUT2D eigenvalue weighted by molar-refractivity contribution is 6.05. The lowest BCUT2D eigenvalue weighted by atomic mass is 9.75. The zero-order valence-electron chi connectivity index (χ0n) is 17.8. The number of nitrogens with zero attached hydrogens (tertiary/aromatic N) is 3. The lowest BCUT2D eigenvalue weighted by Gasteiger charge is -2.31. The van der Waals surface area contributed by atoms with E-state index in [9.17, 15) is 4.79 Å². The molecule has 3 aromatic rings. The summed E-state index contributed by atoms with van der Waals surface area (Å²) >= 11 is 0. The van der Waals surface area contributed by atoms with Gasteiger partial charge in [0.1, 0.15) is 5.75 Å². The number of rotatable bonds is 4. The van der Waals surface area contributed by atoms with E-state index in [-0.39, 0.29) is 11.3 Å². The van der Waals surface area contributed by atoms with Crippen LogP contribution in [0.5, 0.6) is 5.75 Å². The van der Waals surface area contributed by atoms with E-state index in [1.807, 2.05) is 35.9 Å². The number of methoxy groups -OCH3 is 1. The number of aromatic nitrogens is 2. The maximum absolute atomic E-state index is 12.7. The second kappa shape index (κ2) is 7.78. The van der Waals surface area contributed by atoms with Crippen molar-refractivity contribution in [2.24, 2.45) is 10.5 Å². The van der Waals surface area contributed by atoms with Crippen molar-refractivity contribution in [2.45, 2.75) is 33.6 Å². The Balaban J connectivity index is 1.72. The van der Waals surface area contributed by atoms with Gasteiger partial charge in [0, 0.05) is 5.56 Å². The van der Waals surface area contributed by atoms with E-state index >= 15 is 0 Å². The number of hydrazone groups is 1. The van der Waals surface area contributed by atoms with Gasteiger partial charge in [-0.15, -0.1) is 0 Å². The monoisotopic (exact) mass is 402 g/mol. The Bertz CT molecular complexity index is 1110. The van der Waals surface area contributed by atoms with Crippen LogP contribution in [0, 0.1) is 12.3 Å². The minimum absolute atomic E-state index is 0.00000154. The summed E-state index contributed by atoms with van der Waals surface area (Å²) in [5, 5.41) is 9.34. The van der Waals surface area contributed by atoms with Gasteiger partial charge in [0.05, 0.1) is 35.5 Å². The molecule has 4 rings (SSSR count). The molecule has 1 N–H and O–H groups in total. The normalized spacial score (nSPS) is 16.2. The zero-order valence-corrected chi connectivity index (χ0v) is 17.8. The first-order valence-electron chi connectivity index (χ1n) is 10.0. The predicted molar refractivity (Wildman–Crippen MR) is 117 cm³/mol. The molecule has 0 spiro atoms. The van der Waals surface area contributed by atoms with Gasteiger partial charge in [0.25, 0.3) is 5.91 Å². The smallest absolute Gasteiger partial charge is 0.275 e. The molecular formula is C24H26N4O2. The molecule has 154 valence electrons. The zero-order chi connectivity index (χ0) is 21.3. The molecular weight excluding hydrogens is 376 g/mol. The number of ether oxygens (including phenoxy) is 1. The van der Waals surface area contributed by atoms with Crippen LogP contribution in [0.25, 0.3) is 5.69 Å². The number of aryl methyl sites for hydroxylation is 1. The summed E-state index contributed by atoms with van der Waals surface area (Å²) in [4.78, 5) is 12.7. The van der Waals surface area contributed by atoms with Crippen molar-refractivity contribution >= 4 is 11.6 Å². The van der Waals surface area contributed by atoms with Gasteiger partial charge in [-0.05, 0) is 49.4 Å². The van der Waals surface area contributed by atoms with Gasteiger partial charge in [-0.1, -0.05) is 44.2 Å². The largest absolute Gasteiger partial charge is 0.496 e. The summed E-state index contributed by atoms with van der Waals surface area (Å²) in [7, 11) is 1.55. The van der Waals surface area contributed by atoms with Crippen molar-refractivity contribution in [2.75, 3.05) is 7.11 Å². The average Bonchev–Trinajstić information content (AvgIpc) is 3.07. The topological polar surface area (TPSA) is 68.5 Å². The minimum Gasteiger partial charge on any atom is -0.496 e. The minimum atomic E-state index is -0.294. The lowest BCUT2D eigenvalue weighted by Crippen LogP contribution is -2.31. The van der Waals surface area contributed by atoms with Crippen LogP contribution >= 0.6 is 0 Å². The van der Waals surface area contributed by atoms with Gasteiger partial charge < -0.3 is 4.74 Å². The SMILES string of the molecule is COc1ccccc1C(=O)N/N=C1\CC(C)(C)Cc2c1c(C)nn2-c1ccccc1. The van der Waals surface area contributed by atoms with E-state index in [4.69, 9.17) is 9.84 Å². The summed E-state index contributed by atoms with van der Waals surface area (Å²) in [5.74, 6) is 0.228. The highest BCUT2D eigenvalue weighted by atomic mass is 16.5. The van der Waals surface area contributed by atoms with E-state index in [0.29, 0.717) is 11.3 Å². The molecule has 1 amide bonds. The number of hydrogen-bond acceptors (Lipinski definition) is 4. The quantitative estimate of drug-likeness (QED) is 0.662. The lowest BCUT2D eigenvalue weighted by molar-refractivity contribution is 0.0951. The number of carbonyl (C=O) groups excluding carboxylic acids is 1. The number of para-hydroxylation sites is 2. The van der Waals surface area contributed by atoms with Crippen molar-refractivity contribution in [3.63, 3.8) is 0 Å². The number of nitrogens with one attached hydrogen (secondary N) is 1. The van der Waals surface area contributed by atoms with E-state index in [1.54, 1.807) is 25.3 Å². The van der Waals surface area contributed by atoms with Crippen LogP contribution in [0.2, 0.25) is 0 Å². The molecule has 0 fully saturated rings. The molecule has 6 nitrogen and oxygen atoms in total. The Morgan fingerprint density at radius 1 is 1.10 bits per heavy atom. The molecule has 0 atom stereocenters. The van der Waals surface area contributed by atoms with Gasteiger partial charge >= 0.3 is 0 Å². The van der Waals surface area contributed by atoms with Crippen molar-refractivity contribution < 1.29 is 9.53 Å². The molecule has 0 saturated heterocycles. The van der Waals surface area contributed by atoms with Crippen LogP contribution in [-0.4, -0.2) is 28.5 Å². The van der Waals surface area contributed by atoms with Crippen LogP contribution in [0.1, 0.15) is 47.6 Å².